The zero-order chi connectivity index (χ0) is 16.7. The number of nitrogens with one attached hydrogen (secondary N) is 1. The average molecular weight is 391 g/mol. The second-order valence-corrected chi connectivity index (χ2v) is 6.72. The van der Waals surface area contributed by atoms with Gasteiger partial charge in [0.25, 0.3) is 17.6 Å². The molecule has 3 heterocycles. The summed E-state index contributed by atoms with van der Waals surface area (Å²) < 4.78 is 0. The van der Waals surface area contributed by atoms with E-state index in [1.54, 1.807) is 0 Å². The van der Waals surface area contributed by atoms with Crippen LogP contribution in [0.2, 0.25) is 0 Å². The highest BCUT2D eigenvalue weighted by atomic mass is 35.5. The Hall–Kier alpha value is -2.11. The first kappa shape index (κ1) is 18.2. The Morgan fingerprint density at radius 3 is 2.71 bits per heavy atom. The molecule has 1 aromatic heterocycles. The minimum atomic E-state index is -1.21. The molecule has 0 aromatic carbocycles. The molecule has 4 N–H and O–H groups in total. The number of ketones is 1. The van der Waals surface area contributed by atoms with Gasteiger partial charge < -0.3 is 16.2 Å². The number of thioether (sulfide) groups is 1. The fourth-order valence-electron chi connectivity index (χ4n) is 2.25. The highest BCUT2D eigenvalue weighted by Crippen LogP contribution is 2.37. The van der Waals surface area contributed by atoms with E-state index in [1.165, 1.54) is 23.2 Å². The molecule has 2 aliphatic heterocycles. The number of halogens is 1. The number of aliphatic carboxylic acids is 1. The number of hydrogen-bond acceptors (Lipinski definition) is 8. The Morgan fingerprint density at radius 2 is 2.12 bits per heavy atom. The molecular formula is C12H11ClN4O5S2. The van der Waals surface area contributed by atoms with Crippen molar-refractivity contribution >= 4 is 64.2 Å². The van der Waals surface area contributed by atoms with Gasteiger partial charge in [-0.2, -0.15) is 0 Å². The third-order valence-corrected chi connectivity index (χ3v) is 5.17. The summed E-state index contributed by atoms with van der Waals surface area (Å²) in [7, 11) is 0. The smallest absolute Gasteiger partial charge is 0.352 e. The molecule has 12 heteroatoms. The predicted octanol–water partition coefficient (Wildman–Crippen LogP) is -0.302. The zero-order valence-electron chi connectivity index (χ0n) is 11.8. The first-order chi connectivity index (χ1) is 10.9. The molecule has 2 atom stereocenters. The summed E-state index contributed by atoms with van der Waals surface area (Å²) in [5.41, 5.74) is 5.21. The van der Waals surface area contributed by atoms with Gasteiger partial charge in [-0.15, -0.1) is 35.5 Å². The molecule has 0 saturated carbocycles. The molecular weight excluding hydrogens is 380 g/mol. The van der Waals surface area contributed by atoms with Crippen LogP contribution in [0.4, 0.5) is 5.13 Å². The summed E-state index contributed by atoms with van der Waals surface area (Å²) >= 11 is 2.33. The number of aromatic nitrogens is 1. The van der Waals surface area contributed by atoms with Crippen LogP contribution in [0.3, 0.4) is 0 Å². The van der Waals surface area contributed by atoms with Crippen LogP contribution in [0.15, 0.2) is 17.2 Å². The summed E-state index contributed by atoms with van der Waals surface area (Å²) in [5, 5.41) is 12.4. The van der Waals surface area contributed by atoms with Gasteiger partial charge in [0.1, 0.15) is 22.8 Å². The van der Waals surface area contributed by atoms with Crippen LogP contribution < -0.4 is 11.1 Å². The van der Waals surface area contributed by atoms with E-state index in [9.17, 15) is 19.2 Å². The summed E-state index contributed by atoms with van der Waals surface area (Å²) in [6.07, 6.45) is 1.43. The number of amides is 2. The van der Waals surface area contributed by atoms with E-state index < -0.39 is 35.0 Å². The van der Waals surface area contributed by atoms with Crippen molar-refractivity contribution in [1.29, 1.82) is 0 Å². The number of anilines is 1. The van der Waals surface area contributed by atoms with Gasteiger partial charge in [0.15, 0.2) is 5.13 Å². The summed E-state index contributed by atoms with van der Waals surface area (Å²) in [6, 6.07) is -0.935. The second kappa shape index (κ2) is 6.79. The molecule has 9 nitrogen and oxygen atoms in total. The molecule has 128 valence electrons. The van der Waals surface area contributed by atoms with Crippen LogP contribution in [-0.2, 0) is 14.4 Å². The number of β-lactam (4-membered cyclic amide) rings is 1. The Kier molecular flexibility index (Phi) is 5.16. The van der Waals surface area contributed by atoms with Crippen molar-refractivity contribution in [3.05, 3.63) is 22.8 Å². The summed E-state index contributed by atoms with van der Waals surface area (Å²) in [6.45, 7) is 0. The summed E-state index contributed by atoms with van der Waals surface area (Å²) in [4.78, 5) is 51.8. The van der Waals surface area contributed by atoms with Gasteiger partial charge in [0, 0.05) is 11.1 Å². The van der Waals surface area contributed by atoms with Gasteiger partial charge in [0.05, 0.1) is 0 Å². The number of carbonyl (C=O) groups is 4. The lowest BCUT2D eigenvalue weighted by Gasteiger charge is -2.48. The lowest BCUT2D eigenvalue weighted by atomic mass is 10.0. The molecule has 2 aliphatic rings. The van der Waals surface area contributed by atoms with E-state index in [-0.39, 0.29) is 28.9 Å². The minimum Gasteiger partial charge on any atom is -0.477 e. The average Bonchev–Trinajstić information content (AvgIpc) is 2.96. The van der Waals surface area contributed by atoms with E-state index in [0.29, 0.717) is 5.75 Å². The van der Waals surface area contributed by atoms with Gasteiger partial charge in [0.2, 0.25) is 0 Å². The second-order valence-electron chi connectivity index (χ2n) is 4.68. The van der Waals surface area contributed by atoms with Crippen molar-refractivity contribution in [1.82, 2.24) is 15.2 Å². The van der Waals surface area contributed by atoms with Gasteiger partial charge in [-0.3, -0.25) is 19.3 Å². The maximum absolute atomic E-state index is 12.1. The minimum absolute atomic E-state index is 0. The summed E-state index contributed by atoms with van der Waals surface area (Å²) in [5.74, 6) is -3.23. The lowest BCUT2D eigenvalue weighted by molar-refractivity contribution is -0.150. The zero-order valence-corrected chi connectivity index (χ0v) is 14.2. The van der Waals surface area contributed by atoms with Gasteiger partial charge in [-0.25, -0.2) is 9.78 Å². The van der Waals surface area contributed by atoms with Gasteiger partial charge in [-0.1, -0.05) is 0 Å². The lowest BCUT2D eigenvalue weighted by Crippen LogP contribution is -2.70. The van der Waals surface area contributed by atoms with Crippen molar-refractivity contribution in [3.63, 3.8) is 0 Å². The third-order valence-electron chi connectivity index (χ3n) is 3.31. The number of carbonyl (C=O) groups excluding carboxylic acids is 3. The van der Waals surface area contributed by atoms with Crippen molar-refractivity contribution in [3.8, 4) is 0 Å². The number of fused-ring (bicyclic) bond motifs is 1. The normalized spacial score (nSPS) is 21.8. The number of Topliss-reactive ketones (excluding diaryl/α,β-unsaturated/α-hetero) is 1. The Morgan fingerprint density at radius 1 is 1.42 bits per heavy atom. The van der Waals surface area contributed by atoms with Crippen molar-refractivity contribution in [2.24, 2.45) is 0 Å². The fourth-order valence-corrected chi connectivity index (χ4v) is 3.99. The Balaban J connectivity index is 0.00000208. The van der Waals surface area contributed by atoms with Crippen molar-refractivity contribution < 1.29 is 24.3 Å². The fraction of sp³-hybridized carbons (Fsp3) is 0.250. The highest BCUT2D eigenvalue weighted by Gasteiger charge is 2.53. The van der Waals surface area contributed by atoms with Crippen molar-refractivity contribution in [2.45, 2.75) is 11.4 Å². The number of nitrogen functional groups attached to an aromatic ring is 1. The quantitative estimate of drug-likeness (QED) is 0.361. The standard InChI is InChI=1S/C12H10N4O5S2.ClH/c13-12-14-4(3-23-12)7(17)8(18)15-6-9(19)16-5(11(20)21)1-2-22-10(6)16;/h1,3,6,10H,2H2,(H2,13,14)(H,15,18)(H,20,21);1H/t6?,10-;/m1./s1. The number of nitrogens with zero attached hydrogens (tertiary/aromatic N) is 2. The maximum Gasteiger partial charge on any atom is 0.352 e. The van der Waals surface area contributed by atoms with E-state index in [4.69, 9.17) is 10.8 Å². The molecule has 1 aromatic rings. The van der Waals surface area contributed by atoms with Gasteiger partial charge in [-0.05, 0) is 6.08 Å². The molecule has 0 bridgehead atoms. The molecule has 1 unspecified atom stereocenters. The number of thiazole rings is 1. The van der Waals surface area contributed by atoms with Crippen LogP contribution >= 0.6 is 35.5 Å². The van der Waals surface area contributed by atoms with Crippen molar-refractivity contribution in [2.75, 3.05) is 11.5 Å². The molecule has 1 fully saturated rings. The molecule has 2 amide bonds. The topological polar surface area (TPSA) is 143 Å². The highest BCUT2D eigenvalue weighted by molar-refractivity contribution is 8.00. The van der Waals surface area contributed by atoms with Gasteiger partial charge >= 0.3 is 5.97 Å². The van der Waals surface area contributed by atoms with E-state index in [1.807, 2.05) is 0 Å². The molecule has 1 saturated heterocycles. The number of hydrogen-bond donors (Lipinski definition) is 3. The van der Waals surface area contributed by atoms with Crippen LogP contribution in [0.1, 0.15) is 10.5 Å². The molecule has 3 rings (SSSR count). The van der Waals surface area contributed by atoms with Crippen LogP contribution in [0.5, 0.6) is 0 Å². The van der Waals surface area contributed by atoms with Crippen LogP contribution in [-0.4, -0.2) is 55.7 Å². The number of rotatable bonds is 4. The monoisotopic (exact) mass is 390 g/mol. The first-order valence-corrected chi connectivity index (χ1v) is 8.27. The first-order valence-electron chi connectivity index (χ1n) is 6.34. The van der Waals surface area contributed by atoms with E-state index in [0.717, 1.165) is 16.2 Å². The SMILES string of the molecule is Cl.Nc1nc(C(=O)C(=O)NC2C(=O)N3C(C(=O)O)=CCS[C@H]23)cs1. The molecule has 0 aliphatic carbocycles. The van der Waals surface area contributed by atoms with E-state index >= 15 is 0 Å². The largest absolute Gasteiger partial charge is 0.477 e. The predicted molar refractivity (Wildman–Crippen MR) is 88.8 cm³/mol. The van der Waals surface area contributed by atoms with E-state index in [2.05, 4.69) is 10.3 Å². The molecule has 24 heavy (non-hydrogen) atoms. The number of carboxylic acids is 1. The number of nitrogens with two attached hydrogens (primary N) is 1. The maximum atomic E-state index is 12.1. The molecule has 0 radical (unpaired) electrons. The molecule has 0 spiro atoms. The third kappa shape index (κ3) is 2.97. The van der Waals surface area contributed by atoms with Crippen LogP contribution in [0.25, 0.3) is 0 Å². The Bertz CT molecular complexity index is 764. The van der Waals surface area contributed by atoms with Crippen LogP contribution in [0, 0.1) is 0 Å². The number of carboxylic acid groups (broad SMARTS) is 1. The Labute approximate surface area is 149 Å².